The fourth-order valence-electron chi connectivity index (χ4n) is 1.29. The van der Waals surface area contributed by atoms with E-state index in [1.165, 1.54) is 14.2 Å². The molecule has 0 fully saturated rings. The van der Waals surface area contributed by atoms with Crippen LogP contribution in [0.2, 0.25) is 5.02 Å². The first-order valence-electron chi connectivity index (χ1n) is 5.63. The Morgan fingerprint density at radius 3 is 2.75 bits per heavy atom. The zero-order chi connectivity index (χ0) is 14.5. The number of hydrogen-bond acceptors (Lipinski definition) is 6. The quantitative estimate of drug-likeness (QED) is 0.624. The summed E-state index contributed by atoms with van der Waals surface area (Å²) in [5.41, 5.74) is 0.772. The minimum atomic E-state index is -0.191. The maximum atomic E-state index is 11.5. The van der Waals surface area contributed by atoms with Gasteiger partial charge in [0.25, 0.3) is 11.1 Å². The summed E-state index contributed by atoms with van der Waals surface area (Å²) in [5, 5.41) is 9.90. The molecule has 0 aliphatic heterocycles. The van der Waals surface area contributed by atoms with Crippen molar-refractivity contribution in [3.63, 3.8) is 0 Å². The molecule has 2 rings (SSSR count). The maximum Gasteiger partial charge on any atom is 0.277 e. The van der Waals surface area contributed by atoms with Crippen molar-refractivity contribution in [1.29, 1.82) is 0 Å². The Kier molecular flexibility index (Phi) is 4.99. The van der Waals surface area contributed by atoms with Crippen molar-refractivity contribution < 1.29 is 14.0 Å². The van der Waals surface area contributed by atoms with Gasteiger partial charge in [0.05, 0.1) is 12.9 Å². The van der Waals surface area contributed by atoms with Gasteiger partial charge in [-0.1, -0.05) is 23.4 Å². The standard InChI is InChI=1S/C12H12ClN3O3S/c1-16(18-2)10(17)7-20-12-15-14-11(19-12)8-3-5-9(13)6-4-8/h3-6H,7H2,1-2H3. The lowest BCUT2D eigenvalue weighted by Gasteiger charge is -2.11. The van der Waals surface area contributed by atoms with Crippen molar-refractivity contribution in [2.45, 2.75) is 5.22 Å². The lowest BCUT2D eigenvalue weighted by molar-refractivity contribution is -0.165. The predicted octanol–water partition coefficient (Wildman–Crippen LogP) is 2.50. The molecule has 0 saturated heterocycles. The Balaban J connectivity index is 1.99. The second kappa shape index (κ2) is 6.74. The number of halogens is 1. The van der Waals surface area contributed by atoms with Crippen LogP contribution in [-0.2, 0) is 9.63 Å². The number of aromatic nitrogens is 2. The Labute approximate surface area is 125 Å². The summed E-state index contributed by atoms with van der Waals surface area (Å²) >= 11 is 6.96. The first-order valence-corrected chi connectivity index (χ1v) is 6.99. The molecular weight excluding hydrogens is 302 g/mol. The molecule has 1 amide bonds. The monoisotopic (exact) mass is 313 g/mol. The van der Waals surface area contributed by atoms with Crippen molar-refractivity contribution in [3.8, 4) is 11.5 Å². The van der Waals surface area contributed by atoms with E-state index in [1.54, 1.807) is 24.3 Å². The van der Waals surface area contributed by atoms with Gasteiger partial charge in [-0.25, -0.2) is 5.06 Å². The fraction of sp³-hybridized carbons (Fsp3) is 0.250. The van der Waals surface area contributed by atoms with Crippen LogP contribution in [0.25, 0.3) is 11.5 Å². The Bertz CT molecular complexity index is 588. The maximum absolute atomic E-state index is 11.5. The average molecular weight is 314 g/mol. The van der Waals surface area contributed by atoms with Gasteiger partial charge < -0.3 is 4.42 Å². The molecule has 0 N–H and O–H groups in total. The third kappa shape index (κ3) is 3.72. The minimum absolute atomic E-state index is 0.159. The lowest BCUT2D eigenvalue weighted by atomic mass is 10.2. The number of carbonyl (C=O) groups is 1. The summed E-state index contributed by atoms with van der Waals surface area (Å²) in [6, 6.07) is 7.05. The number of hydroxylamine groups is 2. The molecule has 106 valence electrons. The second-order valence-electron chi connectivity index (χ2n) is 3.74. The van der Waals surface area contributed by atoms with Crippen LogP contribution >= 0.6 is 23.4 Å². The Hall–Kier alpha value is -1.57. The summed E-state index contributed by atoms with van der Waals surface area (Å²) in [6.07, 6.45) is 0. The Morgan fingerprint density at radius 2 is 2.10 bits per heavy atom. The van der Waals surface area contributed by atoms with Crippen LogP contribution in [0.5, 0.6) is 0 Å². The molecule has 1 aromatic carbocycles. The fourth-order valence-corrected chi connectivity index (χ4v) is 2.08. The average Bonchev–Trinajstić information content (AvgIpc) is 2.93. The van der Waals surface area contributed by atoms with Crippen LogP contribution in [0.4, 0.5) is 0 Å². The van der Waals surface area contributed by atoms with Gasteiger partial charge in [0.15, 0.2) is 0 Å². The van der Waals surface area contributed by atoms with Gasteiger partial charge in [0.2, 0.25) is 5.89 Å². The van der Waals surface area contributed by atoms with E-state index in [9.17, 15) is 4.79 Å². The van der Waals surface area contributed by atoms with Gasteiger partial charge in [0.1, 0.15) is 0 Å². The van der Waals surface area contributed by atoms with Crippen molar-refractivity contribution in [2.24, 2.45) is 0 Å². The van der Waals surface area contributed by atoms with E-state index >= 15 is 0 Å². The Morgan fingerprint density at radius 1 is 1.40 bits per heavy atom. The van der Waals surface area contributed by atoms with Crippen LogP contribution in [0.3, 0.4) is 0 Å². The third-order valence-corrected chi connectivity index (χ3v) is 3.50. The molecule has 1 heterocycles. The molecule has 8 heteroatoms. The summed E-state index contributed by atoms with van der Waals surface area (Å²) in [6.45, 7) is 0. The zero-order valence-electron chi connectivity index (χ0n) is 10.9. The van der Waals surface area contributed by atoms with Gasteiger partial charge in [-0.15, -0.1) is 10.2 Å². The molecule has 0 unspecified atom stereocenters. The summed E-state index contributed by atoms with van der Waals surface area (Å²) in [4.78, 5) is 16.3. The first kappa shape index (κ1) is 14.8. The number of nitrogens with zero attached hydrogens (tertiary/aromatic N) is 3. The van der Waals surface area contributed by atoms with Gasteiger partial charge in [-0.3, -0.25) is 9.63 Å². The van der Waals surface area contributed by atoms with Crippen LogP contribution in [-0.4, -0.2) is 41.1 Å². The molecule has 0 bridgehead atoms. The number of amides is 1. The first-order chi connectivity index (χ1) is 9.60. The number of thioether (sulfide) groups is 1. The predicted molar refractivity (Wildman–Crippen MR) is 75.2 cm³/mol. The number of benzene rings is 1. The largest absolute Gasteiger partial charge is 0.411 e. The van der Waals surface area contributed by atoms with Crippen LogP contribution in [0.1, 0.15) is 0 Å². The van der Waals surface area contributed by atoms with E-state index in [-0.39, 0.29) is 11.7 Å². The van der Waals surface area contributed by atoms with Crippen LogP contribution in [0.15, 0.2) is 33.9 Å². The van der Waals surface area contributed by atoms with E-state index in [4.69, 9.17) is 20.9 Å². The molecule has 2 aromatic rings. The number of carbonyl (C=O) groups excluding carboxylic acids is 1. The van der Waals surface area contributed by atoms with Gasteiger partial charge in [0, 0.05) is 17.6 Å². The smallest absolute Gasteiger partial charge is 0.277 e. The molecule has 0 saturated carbocycles. The molecule has 20 heavy (non-hydrogen) atoms. The molecule has 0 spiro atoms. The molecule has 0 aliphatic rings. The van der Waals surface area contributed by atoms with Gasteiger partial charge in [-0.2, -0.15) is 0 Å². The van der Waals surface area contributed by atoms with Gasteiger partial charge in [-0.05, 0) is 24.3 Å². The molecule has 0 aliphatic carbocycles. The van der Waals surface area contributed by atoms with E-state index in [0.29, 0.717) is 16.1 Å². The summed E-state index contributed by atoms with van der Waals surface area (Å²) < 4.78 is 5.46. The zero-order valence-corrected chi connectivity index (χ0v) is 12.4. The van der Waals surface area contributed by atoms with Crippen molar-refractivity contribution in [3.05, 3.63) is 29.3 Å². The van der Waals surface area contributed by atoms with E-state index in [2.05, 4.69) is 10.2 Å². The molecule has 0 atom stereocenters. The van der Waals surface area contributed by atoms with Crippen molar-refractivity contribution >= 4 is 29.3 Å². The highest BCUT2D eigenvalue weighted by Gasteiger charge is 2.13. The third-order valence-electron chi connectivity index (χ3n) is 2.44. The highest BCUT2D eigenvalue weighted by Crippen LogP contribution is 2.24. The normalized spacial score (nSPS) is 10.6. The lowest BCUT2D eigenvalue weighted by Crippen LogP contribution is -2.26. The molecule has 0 radical (unpaired) electrons. The molecule has 1 aromatic heterocycles. The van der Waals surface area contributed by atoms with Crippen molar-refractivity contribution in [2.75, 3.05) is 19.9 Å². The minimum Gasteiger partial charge on any atom is -0.411 e. The highest BCUT2D eigenvalue weighted by atomic mass is 35.5. The summed E-state index contributed by atoms with van der Waals surface area (Å²) in [5.74, 6) is 0.354. The van der Waals surface area contributed by atoms with E-state index in [0.717, 1.165) is 22.4 Å². The van der Waals surface area contributed by atoms with Crippen molar-refractivity contribution in [1.82, 2.24) is 15.3 Å². The second-order valence-corrected chi connectivity index (χ2v) is 5.11. The van der Waals surface area contributed by atoms with Gasteiger partial charge >= 0.3 is 0 Å². The number of rotatable bonds is 5. The topological polar surface area (TPSA) is 68.5 Å². The highest BCUT2D eigenvalue weighted by molar-refractivity contribution is 7.99. The molecular formula is C12H12ClN3O3S. The molecule has 6 nitrogen and oxygen atoms in total. The number of hydrogen-bond donors (Lipinski definition) is 0. The van der Waals surface area contributed by atoms with E-state index in [1.807, 2.05) is 0 Å². The van der Waals surface area contributed by atoms with Crippen LogP contribution < -0.4 is 0 Å². The summed E-state index contributed by atoms with van der Waals surface area (Å²) in [7, 11) is 2.96. The van der Waals surface area contributed by atoms with Crippen LogP contribution in [0, 0.1) is 0 Å². The van der Waals surface area contributed by atoms with E-state index < -0.39 is 0 Å². The SMILES string of the molecule is CON(C)C(=O)CSc1nnc(-c2ccc(Cl)cc2)o1.